The summed E-state index contributed by atoms with van der Waals surface area (Å²) >= 11 is 0. The number of likely N-dealkylation sites (N-methyl/N-ethyl adjacent to an activating group) is 1. The Kier molecular flexibility index (Phi) is 8.49. The first-order chi connectivity index (χ1) is 21.0. The summed E-state index contributed by atoms with van der Waals surface area (Å²) in [4.78, 5) is 26.6. The van der Waals surface area contributed by atoms with E-state index < -0.39 is 0 Å². The zero-order chi connectivity index (χ0) is 29.9. The number of rotatable bonds is 8. The molecule has 1 aromatic carbocycles. The molecule has 5 heterocycles. The number of aromatic amines is 1. The molecular weight excluding hydrogens is 542 g/mol. The number of nitriles is 1. The van der Waals surface area contributed by atoms with Crippen molar-refractivity contribution in [3.8, 4) is 11.9 Å². The highest BCUT2D eigenvalue weighted by atomic mass is 16.5. The molecule has 2 aromatic heterocycles. The number of aryl methyl sites for hydroxylation is 1. The van der Waals surface area contributed by atoms with Crippen LogP contribution in [-0.4, -0.2) is 96.4 Å². The average Bonchev–Trinajstić information content (AvgIpc) is 3.67. The lowest BCUT2D eigenvalue weighted by Gasteiger charge is -2.39. The quantitative estimate of drug-likeness (QED) is 0.385. The highest BCUT2D eigenvalue weighted by Crippen LogP contribution is 2.39. The van der Waals surface area contributed by atoms with Crippen molar-refractivity contribution >= 4 is 28.2 Å². The smallest absolute Gasteiger partial charge is 0.246 e. The summed E-state index contributed by atoms with van der Waals surface area (Å²) in [6.45, 7) is 8.09. The van der Waals surface area contributed by atoms with Gasteiger partial charge in [0.15, 0.2) is 0 Å². The Morgan fingerprint density at radius 1 is 1.19 bits per heavy atom. The minimum atomic E-state index is 0.00880. The second-order valence-corrected chi connectivity index (χ2v) is 11.8. The lowest BCUT2D eigenvalue weighted by atomic mass is 9.97. The monoisotopic (exact) mass is 583 g/mol. The number of fused-ring (bicyclic) bond motifs is 2. The molecule has 3 aromatic rings. The maximum Gasteiger partial charge on any atom is 0.246 e. The first kappa shape index (κ1) is 29.0. The first-order valence-electron chi connectivity index (χ1n) is 15.4. The van der Waals surface area contributed by atoms with E-state index in [1.54, 1.807) is 6.08 Å². The van der Waals surface area contributed by atoms with Crippen molar-refractivity contribution < 1.29 is 9.53 Å². The highest BCUT2D eigenvalue weighted by Gasteiger charge is 2.32. The van der Waals surface area contributed by atoms with Crippen LogP contribution in [0.4, 0.5) is 11.4 Å². The van der Waals surface area contributed by atoms with Crippen LogP contribution in [0.2, 0.25) is 0 Å². The Morgan fingerprint density at radius 2 is 2.02 bits per heavy atom. The third-order valence-corrected chi connectivity index (χ3v) is 9.10. The number of piperazine rings is 1. The van der Waals surface area contributed by atoms with E-state index in [1.807, 2.05) is 17.2 Å². The molecule has 1 atom stereocenters. The van der Waals surface area contributed by atoms with Crippen LogP contribution in [0.25, 0.3) is 10.9 Å². The summed E-state index contributed by atoms with van der Waals surface area (Å²) < 4.78 is 6.40. The van der Waals surface area contributed by atoms with Crippen LogP contribution in [0.3, 0.4) is 0 Å². The number of nitrogens with two attached hydrogens (primary N) is 1. The van der Waals surface area contributed by atoms with Crippen LogP contribution in [0.5, 0.6) is 5.88 Å². The van der Waals surface area contributed by atoms with E-state index in [0.717, 1.165) is 65.9 Å². The topological polar surface area (TPSA) is 131 Å². The second kappa shape index (κ2) is 12.6. The van der Waals surface area contributed by atoms with Crippen LogP contribution < -0.4 is 20.3 Å². The van der Waals surface area contributed by atoms with Crippen LogP contribution in [0, 0.1) is 18.3 Å². The van der Waals surface area contributed by atoms with Crippen molar-refractivity contribution in [1.82, 2.24) is 25.0 Å². The van der Waals surface area contributed by atoms with Crippen molar-refractivity contribution in [3.63, 3.8) is 0 Å². The fraction of sp³-hybridized carbons (Fsp3) is 0.500. The average molecular weight is 584 g/mol. The van der Waals surface area contributed by atoms with E-state index in [1.165, 1.54) is 5.56 Å². The number of nitrogens with zero attached hydrogens (tertiary/aromatic N) is 7. The minimum Gasteiger partial charge on any atom is -0.475 e. The van der Waals surface area contributed by atoms with Gasteiger partial charge in [0.25, 0.3) is 0 Å². The molecule has 2 saturated heterocycles. The highest BCUT2D eigenvalue weighted by molar-refractivity contribution is 5.93. The largest absolute Gasteiger partial charge is 0.475 e. The third kappa shape index (κ3) is 5.77. The standard InChI is InChI=1S/C32H41N9O2/c1-22-8-9-27-26(19-35-37-27)30(22)41-13-10-24-28(20-41)36-32(43-21-23-6-5-12-38(23)2)25(18-34)31(24)40-16-14-39(15-17-40)29(42)7-3-4-11-33/h3,7-9,19,23H,4-6,10-17,20-21,33H2,1-2H3,(H,35,37). The minimum absolute atomic E-state index is 0.00880. The molecule has 3 aliphatic rings. The van der Waals surface area contributed by atoms with Gasteiger partial charge in [0.05, 0.1) is 35.3 Å². The molecule has 1 unspecified atom stereocenters. The number of hydrogen-bond acceptors (Lipinski definition) is 9. The van der Waals surface area contributed by atoms with E-state index in [4.69, 9.17) is 15.5 Å². The normalized spacial score (nSPS) is 19.3. The Morgan fingerprint density at radius 3 is 2.77 bits per heavy atom. The molecule has 11 nitrogen and oxygen atoms in total. The molecule has 0 radical (unpaired) electrons. The van der Waals surface area contributed by atoms with Gasteiger partial charge in [-0.3, -0.25) is 9.89 Å². The molecule has 226 valence electrons. The molecular formula is C32H41N9O2. The van der Waals surface area contributed by atoms with E-state index >= 15 is 0 Å². The SMILES string of the molecule is Cc1ccc2[nH]ncc2c1N1CCc2c(nc(OCC3CCCN3C)c(C#N)c2N2CCN(C(=O)C=CCCN)CC2)C1. The van der Waals surface area contributed by atoms with Gasteiger partial charge in [0.1, 0.15) is 18.2 Å². The molecule has 0 saturated carbocycles. The number of anilines is 2. The van der Waals surface area contributed by atoms with Gasteiger partial charge in [-0.05, 0) is 70.5 Å². The fourth-order valence-corrected chi connectivity index (χ4v) is 6.71. The third-order valence-electron chi connectivity index (χ3n) is 9.10. The fourth-order valence-electron chi connectivity index (χ4n) is 6.71. The van der Waals surface area contributed by atoms with Gasteiger partial charge < -0.3 is 30.1 Å². The number of carbonyl (C=O) groups is 1. The van der Waals surface area contributed by atoms with E-state index in [0.29, 0.717) is 69.8 Å². The number of amides is 1. The number of ether oxygens (including phenoxy) is 1. The molecule has 43 heavy (non-hydrogen) atoms. The Hall–Kier alpha value is -4.14. The number of benzene rings is 1. The summed E-state index contributed by atoms with van der Waals surface area (Å²) in [5, 5.41) is 19.0. The predicted octanol–water partition coefficient (Wildman–Crippen LogP) is 2.73. The Balaban J connectivity index is 1.32. The maximum atomic E-state index is 12.7. The lowest BCUT2D eigenvalue weighted by Crippen LogP contribution is -2.49. The van der Waals surface area contributed by atoms with Crippen molar-refractivity contribution in [1.29, 1.82) is 5.26 Å². The lowest BCUT2D eigenvalue weighted by molar-refractivity contribution is -0.126. The zero-order valence-electron chi connectivity index (χ0n) is 25.2. The first-order valence-corrected chi connectivity index (χ1v) is 15.4. The molecule has 3 aliphatic heterocycles. The van der Waals surface area contributed by atoms with Crippen molar-refractivity contribution in [2.24, 2.45) is 5.73 Å². The Bertz CT molecular complexity index is 1550. The molecule has 1 amide bonds. The van der Waals surface area contributed by atoms with Crippen LogP contribution in [-0.2, 0) is 17.8 Å². The Labute approximate surface area is 252 Å². The van der Waals surface area contributed by atoms with E-state index in [9.17, 15) is 10.1 Å². The van der Waals surface area contributed by atoms with E-state index in [2.05, 4.69) is 57.1 Å². The van der Waals surface area contributed by atoms with Crippen molar-refractivity contribution in [2.75, 3.05) is 69.3 Å². The molecule has 11 heteroatoms. The van der Waals surface area contributed by atoms with Gasteiger partial charge in [-0.25, -0.2) is 4.98 Å². The van der Waals surface area contributed by atoms with Crippen LogP contribution in [0.1, 0.15) is 41.6 Å². The molecule has 6 rings (SSSR count). The molecule has 0 spiro atoms. The molecule has 3 N–H and O–H groups in total. The van der Waals surface area contributed by atoms with Gasteiger partial charge in [0, 0.05) is 49.7 Å². The number of H-pyrrole nitrogens is 1. The van der Waals surface area contributed by atoms with Crippen LogP contribution in [0.15, 0.2) is 30.5 Å². The number of carbonyl (C=O) groups excluding carboxylic acids is 1. The van der Waals surface area contributed by atoms with E-state index in [-0.39, 0.29) is 5.91 Å². The van der Waals surface area contributed by atoms with Crippen LogP contribution >= 0.6 is 0 Å². The summed E-state index contributed by atoms with van der Waals surface area (Å²) in [6, 6.07) is 6.97. The number of hydrogen-bond donors (Lipinski definition) is 2. The summed E-state index contributed by atoms with van der Waals surface area (Å²) in [7, 11) is 2.13. The second-order valence-electron chi connectivity index (χ2n) is 11.8. The zero-order valence-corrected chi connectivity index (χ0v) is 25.2. The summed E-state index contributed by atoms with van der Waals surface area (Å²) in [6.07, 6.45) is 9.03. The van der Waals surface area contributed by atoms with Gasteiger partial charge >= 0.3 is 0 Å². The van der Waals surface area contributed by atoms with Gasteiger partial charge in [-0.15, -0.1) is 0 Å². The van der Waals surface area contributed by atoms with Crippen molar-refractivity contribution in [2.45, 2.75) is 45.2 Å². The predicted molar refractivity (Wildman–Crippen MR) is 167 cm³/mol. The molecule has 2 fully saturated rings. The summed E-state index contributed by atoms with van der Waals surface area (Å²) in [5.41, 5.74) is 12.4. The number of nitrogens with one attached hydrogen (secondary N) is 1. The molecule has 0 aliphatic carbocycles. The van der Waals surface area contributed by atoms with Crippen molar-refractivity contribution in [3.05, 3.63) is 52.9 Å². The molecule has 0 bridgehead atoms. The number of aromatic nitrogens is 3. The summed E-state index contributed by atoms with van der Waals surface area (Å²) in [5.74, 6) is 0.425. The number of likely N-dealkylation sites (tertiary alicyclic amines) is 1. The van der Waals surface area contributed by atoms with Gasteiger partial charge in [-0.2, -0.15) is 10.4 Å². The van der Waals surface area contributed by atoms with Gasteiger partial charge in [-0.1, -0.05) is 12.1 Å². The number of pyridine rings is 1. The maximum absolute atomic E-state index is 12.7. The van der Waals surface area contributed by atoms with Gasteiger partial charge in [0.2, 0.25) is 11.8 Å².